The molecule has 1 aromatic heterocycles. The van der Waals surface area contributed by atoms with Gasteiger partial charge in [-0.05, 0) is 61.2 Å². The van der Waals surface area contributed by atoms with Gasteiger partial charge in [-0.2, -0.15) is 5.26 Å². The predicted octanol–water partition coefficient (Wildman–Crippen LogP) is 5.93. The molecule has 0 aliphatic carbocycles. The van der Waals surface area contributed by atoms with Crippen LogP contribution in [0.2, 0.25) is 0 Å². The number of carbonyl (C=O) groups is 1. The fourth-order valence-corrected chi connectivity index (χ4v) is 5.91. The van der Waals surface area contributed by atoms with Crippen molar-refractivity contribution in [2.24, 2.45) is 0 Å². The van der Waals surface area contributed by atoms with E-state index in [0.29, 0.717) is 31.0 Å². The molecular weight excluding hydrogens is 512 g/mol. The van der Waals surface area contributed by atoms with E-state index in [-0.39, 0.29) is 12.0 Å². The van der Waals surface area contributed by atoms with Crippen LogP contribution in [-0.4, -0.2) is 61.5 Å². The van der Waals surface area contributed by atoms with Crippen LogP contribution in [0.25, 0.3) is 11.0 Å². The molecule has 2 aliphatic rings. The number of amides is 1. The van der Waals surface area contributed by atoms with Gasteiger partial charge in [0.2, 0.25) is 0 Å². The molecule has 0 radical (unpaired) electrons. The first-order valence-electron chi connectivity index (χ1n) is 14.5. The Hall–Kier alpha value is -4.12. The zero-order valence-corrected chi connectivity index (χ0v) is 23.6. The zero-order valence-electron chi connectivity index (χ0n) is 23.6. The zero-order chi connectivity index (χ0) is 28.2. The van der Waals surface area contributed by atoms with Gasteiger partial charge in [0.05, 0.1) is 24.3 Å². The van der Waals surface area contributed by atoms with Gasteiger partial charge in [-0.3, -0.25) is 9.69 Å². The highest BCUT2D eigenvalue weighted by atomic mass is 16.5. The van der Waals surface area contributed by atoms with Crippen LogP contribution in [0, 0.1) is 18.3 Å². The summed E-state index contributed by atoms with van der Waals surface area (Å²) in [6.07, 6.45) is 2.35. The quantitative estimate of drug-likeness (QED) is 0.272. The number of para-hydroxylation sites is 1. The lowest BCUT2D eigenvalue weighted by Gasteiger charge is -2.36. The smallest absolute Gasteiger partial charge is 0.289 e. The number of benzene rings is 3. The normalized spacial score (nSPS) is 16.7. The summed E-state index contributed by atoms with van der Waals surface area (Å²) in [6, 6.07) is 26.3. The van der Waals surface area contributed by atoms with Crippen LogP contribution >= 0.6 is 0 Å². The van der Waals surface area contributed by atoms with Crippen molar-refractivity contribution in [2.75, 3.05) is 50.7 Å². The van der Waals surface area contributed by atoms with Crippen molar-refractivity contribution in [3.05, 3.63) is 101 Å². The van der Waals surface area contributed by atoms with Crippen molar-refractivity contribution in [3.8, 4) is 6.07 Å². The maximum absolute atomic E-state index is 13.4. The summed E-state index contributed by atoms with van der Waals surface area (Å²) in [5.41, 5.74) is 5.77. The van der Waals surface area contributed by atoms with Gasteiger partial charge in [0.15, 0.2) is 5.76 Å². The van der Waals surface area contributed by atoms with Gasteiger partial charge >= 0.3 is 0 Å². The number of piperazine rings is 1. The Morgan fingerprint density at radius 3 is 2.44 bits per heavy atom. The summed E-state index contributed by atoms with van der Waals surface area (Å²) >= 11 is 0. The number of anilines is 1. The van der Waals surface area contributed by atoms with Crippen molar-refractivity contribution < 1.29 is 13.9 Å². The molecule has 7 nitrogen and oxygen atoms in total. The average molecular weight is 549 g/mol. The second-order valence-corrected chi connectivity index (χ2v) is 11.0. The molecule has 1 amide bonds. The van der Waals surface area contributed by atoms with E-state index in [1.807, 2.05) is 60.4 Å². The number of aryl methyl sites for hydroxylation is 1. The monoisotopic (exact) mass is 548 g/mol. The predicted molar refractivity (Wildman–Crippen MR) is 160 cm³/mol. The lowest BCUT2D eigenvalue weighted by molar-refractivity contribution is 0.00313. The van der Waals surface area contributed by atoms with Crippen molar-refractivity contribution in [1.82, 2.24) is 9.80 Å². The van der Waals surface area contributed by atoms with Gasteiger partial charge in [0, 0.05) is 62.5 Å². The summed E-state index contributed by atoms with van der Waals surface area (Å²) in [4.78, 5) is 20.1. The number of fused-ring (bicyclic) bond motifs is 1. The number of carbonyl (C=O) groups excluding carboxylic acids is 1. The topological polar surface area (TPSA) is 73.0 Å². The van der Waals surface area contributed by atoms with E-state index in [1.54, 1.807) is 0 Å². The molecule has 4 aromatic rings. The van der Waals surface area contributed by atoms with Crippen LogP contribution in [0.3, 0.4) is 0 Å². The highest BCUT2D eigenvalue weighted by molar-refractivity contribution is 5.99. The largest absolute Gasteiger partial charge is 0.451 e. The number of nitriles is 1. The fourth-order valence-electron chi connectivity index (χ4n) is 5.91. The van der Waals surface area contributed by atoms with Gasteiger partial charge < -0.3 is 19.0 Å². The first-order chi connectivity index (χ1) is 20.1. The molecule has 3 heterocycles. The second-order valence-electron chi connectivity index (χ2n) is 11.0. The Balaban J connectivity index is 1.14. The van der Waals surface area contributed by atoms with Crippen molar-refractivity contribution in [3.63, 3.8) is 0 Å². The van der Waals surface area contributed by atoms with Crippen LogP contribution in [-0.2, 0) is 11.3 Å². The van der Waals surface area contributed by atoms with E-state index in [1.165, 1.54) is 24.1 Å². The Morgan fingerprint density at radius 1 is 0.951 bits per heavy atom. The van der Waals surface area contributed by atoms with E-state index in [2.05, 4.69) is 40.1 Å². The summed E-state index contributed by atoms with van der Waals surface area (Å²) in [5, 5.41) is 10.1. The van der Waals surface area contributed by atoms with Crippen molar-refractivity contribution >= 4 is 22.6 Å². The summed E-state index contributed by atoms with van der Waals surface area (Å²) in [7, 11) is 0. The van der Waals surface area contributed by atoms with Crippen LogP contribution in [0.5, 0.6) is 0 Å². The lowest BCUT2D eigenvalue weighted by atomic mass is 10.1. The molecule has 0 spiro atoms. The lowest BCUT2D eigenvalue weighted by Crippen LogP contribution is -2.49. The van der Waals surface area contributed by atoms with Crippen molar-refractivity contribution in [1.29, 1.82) is 5.26 Å². The molecule has 2 saturated heterocycles. The molecule has 1 atom stereocenters. The van der Waals surface area contributed by atoms with Crippen molar-refractivity contribution in [2.45, 2.75) is 32.5 Å². The van der Waals surface area contributed by atoms with Crippen LogP contribution in [0.1, 0.15) is 51.8 Å². The van der Waals surface area contributed by atoms with Crippen LogP contribution in [0.15, 0.2) is 77.2 Å². The molecular formula is C34H36N4O3. The third kappa shape index (κ3) is 6.00. The molecule has 7 heteroatoms. The van der Waals surface area contributed by atoms with E-state index >= 15 is 0 Å². The minimum atomic E-state index is -0.118. The molecule has 210 valence electrons. The number of hydrogen-bond donors (Lipinski definition) is 0. The number of ether oxygens (including phenoxy) is 1. The van der Waals surface area contributed by atoms with Gasteiger partial charge in [0.25, 0.3) is 5.91 Å². The molecule has 0 N–H and O–H groups in total. The Labute approximate surface area is 241 Å². The molecule has 2 aliphatic heterocycles. The number of furan rings is 1. The van der Waals surface area contributed by atoms with E-state index in [0.717, 1.165) is 54.8 Å². The maximum atomic E-state index is 13.4. The summed E-state index contributed by atoms with van der Waals surface area (Å²) < 4.78 is 12.5. The highest BCUT2D eigenvalue weighted by Crippen LogP contribution is 2.29. The third-order valence-electron chi connectivity index (χ3n) is 8.37. The molecule has 0 unspecified atom stereocenters. The Kier molecular flexibility index (Phi) is 8.04. The fraction of sp³-hybridized carbons (Fsp3) is 0.353. The molecule has 41 heavy (non-hydrogen) atoms. The second kappa shape index (κ2) is 12.2. The van der Waals surface area contributed by atoms with E-state index in [4.69, 9.17) is 14.4 Å². The number of nitrogens with zero attached hydrogens (tertiary/aromatic N) is 4. The first kappa shape index (κ1) is 27.1. The third-order valence-corrected chi connectivity index (χ3v) is 8.37. The number of rotatable bonds is 8. The van der Waals surface area contributed by atoms with E-state index in [9.17, 15) is 4.79 Å². The standard InChI is InChI=1S/C34H36N4O3/c1-25-30-9-2-3-10-31(30)41-33(25)34(39)38-19-17-36(18-20-38)23-32(40-24-27-13-11-26(22-35)12-14-27)28-7-6-8-29(21-28)37-15-4-5-16-37/h2-3,6-14,21,32H,4-5,15-20,23-24H2,1H3/t32-/m1/s1. The SMILES string of the molecule is Cc1c(C(=O)N2CCN(C[C@@H](OCc3ccc(C#N)cc3)c3cccc(N4CCCC4)c3)CC2)oc2ccccc12. The van der Waals surface area contributed by atoms with Gasteiger partial charge in [-0.15, -0.1) is 0 Å². The minimum Gasteiger partial charge on any atom is -0.451 e. The Morgan fingerprint density at radius 2 is 1.71 bits per heavy atom. The Bertz CT molecular complexity index is 1540. The minimum absolute atomic E-state index is 0.0368. The number of hydrogen-bond acceptors (Lipinski definition) is 6. The molecule has 2 fully saturated rings. The molecule has 0 bridgehead atoms. The van der Waals surface area contributed by atoms with Gasteiger partial charge in [-0.25, -0.2) is 0 Å². The summed E-state index contributed by atoms with van der Waals surface area (Å²) in [5.74, 6) is 0.410. The van der Waals surface area contributed by atoms with E-state index < -0.39 is 0 Å². The highest BCUT2D eigenvalue weighted by Gasteiger charge is 2.28. The van der Waals surface area contributed by atoms with Gasteiger partial charge in [-0.1, -0.05) is 42.5 Å². The summed E-state index contributed by atoms with van der Waals surface area (Å²) in [6.45, 7) is 8.20. The molecule has 6 rings (SSSR count). The first-order valence-corrected chi connectivity index (χ1v) is 14.5. The van der Waals surface area contributed by atoms with Crippen LogP contribution < -0.4 is 4.90 Å². The maximum Gasteiger partial charge on any atom is 0.289 e. The average Bonchev–Trinajstić information content (AvgIpc) is 3.68. The molecule has 3 aromatic carbocycles. The van der Waals surface area contributed by atoms with Gasteiger partial charge in [0.1, 0.15) is 5.58 Å². The van der Waals surface area contributed by atoms with Crippen LogP contribution in [0.4, 0.5) is 5.69 Å². The molecule has 0 saturated carbocycles.